The zero-order valence-electron chi connectivity index (χ0n) is 27.9. The first kappa shape index (κ1) is 34.8. The average Bonchev–Trinajstić information content (AvgIpc) is 3.81. The van der Waals surface area contributed by atoms with E-state index in [4.69, 9.17) is 14.6 Å². The van der Waals surface area contributed by atoms with Crippen LogP contribution in [0.3, 0.4) is 0 Å². The second-order valence-corrected chi connectivity index (χ2v) is 12.5. The first-order valence-electron chi connectivity index (χ1n) is 16.7. The van der Waals surface area contributed by atoms with Gasteiger partial charge in [0.15, 0.2) is 35.4 Å². The van der Waals surface area contributed by atoms with Gasteiger partial charge in [0.05, 0.1) is 25.0 Å². The highest BCUT2D eigenvalue weighted by Gasteiger charge is 2.57. The van der Waals surface area contributed by atoms with E-state index in [0.717, 1.165) is 33.9 Å². The van der Waals surface area contributed by atoms with E-state index >= 15 is 0 Å². The standard InChI is InChI=1S/C36H31F5N6O5/c1-3-51-21-12-8-18(9-13-21)16-20-6-5-7-23-30(20)43-47(32(23)19-10-14-22(15-11-19)52-4-2)24(48)17-45-34-31(42-44-45)35(49)46(36(34)50)33-28(40)26(38)25(37)27(39)29(33)41/h8-16,23,31-32,34H,3-7,17H2,1-2H3/b20-16+. The molecule has 4 unspecified atom stereocenters. The summed E-state index contributed by atoms with van der Waals surface area (Å²) in [5, 5.41) is 14.6. The Morgan fingerprint density at radius 2 is 1.42 bits per heavy atom. The number of nitrogens with zero attached hydrogens (tertiary/aromatic N) is 6. The molecule has 3 aliphatic heterocycles. The molecule has 0 spiro atoms. The minimum Gasteiger partial charge on any atom is -0.494 e. The number of hydrogen-bond acceptors (Lipinski definition) is 9. The van der Waals surface area contributed by atoms with Gasteiger partial charge >= 0.3 is 0 Å². The summed E-state index contributed by atoms with van der Waals surface area (Å²) in [4.78, 5) is 40.6. The number of hydrazone groups is 1. The van der Waals surface area contributed by atoms with Crippen LogP contribution in [-0.4, -0.2) is 65.3 Å². The van der Waals surface area contributed by atoms with Gasteiger partial charge in [-0.1, -0.05) is 29.5 Å². The molecule has 3 amide bonds. The van der Waals surface area contributed by atoms with Gasteiger partial charge in [0.2, 0.25) is 5.82 Å². The molecule has 4 atom stereocenters. The largest absolute Gasteiger partial charge is 0.494 e. The monoisotopic (exact) mass is 722 g/mol. The van der Waals surface area contributed by atoms with Crippen LogP contribution in [0.1, 0.15) is 50.3 Å². The van der Waals surface area contributed by atoms with Gasteiger partial charge in [0.25, 0.3) is 17.7 Å². The summed E-state index contributed by atoms with van der Waals surface area (Å²) >= 11 is 0. The zero-order valence-corrected chi connectivity index (χ0v) is 27.9. The number of imide groups is 1. The lowest BCUT2D eigenvalue weighted by Crippen LogP contribution is -2.45. The molecule has 0 N–H and O–H groups in total. The second-order valence-electron chi connectivity index (χ2n) is 12.5. The molecule has 4 aliphatic rings. The molecule has 7 rings (SSSR count). The Hall–Kier alpha value is -5.67. The van der Waals surface area contributed by atoms with Crippen LogP contribution in [0.5, 0.6) is 11.5 Å². The molecule has 270 valence electrons. The van der Waals surface area contributed by atoms with E-state index in [1.807, 2.05) is 56.3 Å². The number of amides is 3. The van der Waals surface area contributed by atoms with Crippen molar-refractivity contribution in [3.63, 3.8) is 0 Å². The molecule has 0 bridgehead atoms. The molecular formula is C36H31F5N6O5. The number of ether oxygens (including phenoxy) is 2. The molecule has 0 radical (unpaired) electrons. The van der Waals surface area contributed by atoms with E-state index < -0.39 is 77.2 Å². The first-order chi connectivity index (χ1) is 25.0. The summed E-state index contributed by atoms with van der Waals surface area (Å²) in [6, 6.07) is 10.9. The summed E-state index contributed by atoms with van der Waals surface area (Å²) in [5.41, 5.74) is 1.59. The molecule has 11 nitrogen and oxygen atoms in total. The third kappa shape index (κ3) is 5.84. The fourth-order valence-electron chi connectivity index (χ4n) is 7.07. The van der Waals surface area contributed by atoms with Crippen molar-refractivity contribution in [1.29, 1.82) is 0 Å². The van der Waals surface area contributed by atoms with Crippen molar-refractivity contribution in [2.24, 2.45) is 21.4 Å². The van der Waals surface area contributed by atoms with E-state index in [1.54, 1.807) is 12.1 Å². The Kier molecular flexibility index (Phi) is 9.23. The predicted molar refractivity (Wildman–Crippen MR) is 175 cm³/mol. The van der Waals surface area contributed by atoms with Gasteiger partial charge in [-0.05, 0) is 80.2 Å². The maximum absolute atomic E-state index is 14.7. The SMILES string of the molecule is CCOc1ccc(/C=C2\CCCC3C2=NN(C(=O)CN2N=NC4C(=O)N(c5c(F)c(F)c(F)c(F)c5F)C(=O)C42)C3c2ccc(OCC)cc2)cc1. The highest BCUT2D eigenvalue weighted by molar-refractivity contribution is 6.25. The van der Waals surface area contributed by atoms with Crippen molar-refractivity contribution in [2.45, 2.75) is 51.2 Å². The minimum atomic E-state index is -2.45. The van der Waals surface area contributed by atoms with Crippen molar-refractivity contribution < 1.29 is 45.8 Å². The second kappa shape index (κ2) is 13.8. The maximum Gasteiger partial charge on any atom is 0.264 e. The highest BCUT2D eigenvalue weighted by Crippen LogP contribution is 2.45. The number of allylic oxidation sites excluding steroid dienone is 1. The lowest BCUT2D eigenvalue weighted by Gasteiger charge is -2.30. The quantitative estimate of drug-likeness (QED) is 0.111. The van der Waals surface area contributed by atoms with Crippen LogP contribution in [0, 0.1) is 35.0 Å². The lowest BCUT2D eigenvalue weighted by molar-refractivity contribution is -0.136. The molecule has 2 fully saturated rings. The number of halogens is 5. The summed E-state index contributed by atoms with van der Waals surface area (Å²) < 4.78 is 82.4. The van der Waals surface area contributed by atoms with E-state index in [2.05, 4.69) is 10.3 Å². The van der Waals surface area contributed by atoms with Gasteiger partial charge in [-0.15, -0.1) is 0 Å². The van der Waals surface area contributed by atoms with Crippen LogP contribution < -0.4 is 14.4 Å². The van der Waals surface area contributed by atoms with Crippen molar-refractivity contribution in [3.8, 4) is 11.5 Å². The Morgan fingerprint density at radius 1 is 0.827 bits per heavy atom. The van der Waals surface area contributed by atoms with Gasteiger partial charge in [-0.2, -0.15) is 10.2 Å². The van der Waals surface area contributed by atoms with Crippen LogP contribution in [0.4, 0.5) is 27.6 Å². The van der Waals surface area contributed by atoms with Crippen molar-refractivity contribution in [1.82, 2.24) is 10.0 Å². The lowest BCUT2D eigenvalue weighted by atomic mass is 9.77. The van der Waals surface area contributed by atoms with E-state index in [9.17, 15) is 36.3 Å². The fourth-order valence-corrected chi connectivity index (χ4v) is 7.07. The molecule has 1 aliphatic carbocycles. The number of carbonyl (C=O) groups excluding carboxylic acids is 3. The fraction of sp³-hybridized carbons (Fsp3) is 0.333. The number of hydrogen-bond donors (Lipinski definition) is 0. The molecule has 3 aromatic rings. The third-order valence-corrected chi connectivity index (χ3v) is 9.39. The van der Waals surface area contributed by atoms with Gasteiger partial charge in [-0.25, -0.2) is 31.9 Å². The average molecular weight is 723 g/mol. The Bertz CT molecular complexity index is 2010. The summed E-state index contributed by atoms with van der Waals surface area (Å²) in [6.45, 7) is 4.10. The van der Waals surface area contributed by atoms with Crippen LogP contribution in [0.25, 0.3) is 6.08 Å². The molecule has 3 aromatic carbocycles. The van der Waals surface area contributed by atoms with Crippen LogP contribution in [0.15, 0.2) is 69.5 Å². The van der Waals surface area contributed by atoms with Gasteiger partial charge in [-0.3, -0.25) is 19.4 Å². The van der Waals surface area contributed by atoms with Crippen molar-refractivity contribution >= 4 is 35.2 Å². The number of carbonyl (C=O) groups is 3. The molecular weight excluding hydrogens is 691 g/mol. The topological polar surface area (TPSA) is 116 Å². The van der Waals surface area contributed by atoms with Crippen LogP contribution >= 0.6 is 0 Å². The highest BCUT2D eigenvalue weighted by atomic mass is 19.2. The smallest absolute Gasteiger partial charge is 0.264 e. The number of benzene rings is 3. The number of rotatable bonds is 9. The van der Waals surface area contributed by atoms with E-state index in [1.165, 1.54) is 5.01 Å². The number of anilines is 1. The normalized spacial score (nSPS) is 23.0. The predicted octanol–water partition coefficient (Wildman–Crippen LogP) is 6.30. The Balaban J connectivity index is 1.19. The molecule has 0 aromatic heterocycles. The maximum atomic E-state index is 14.7. The molecule has 3 heterocycles. The summed E-state index contributed by atoms with van der Waals surface area (Å²) in [6.07, 6.45) is 4.24. The number of fused-ring (bicyclic) bond motifs is 2. The van der Waals surface area contributed by atoms with Gasteiger partial charge < -0.3 is 9.47 Å². The summed E-state index contributed by atoms with van der Waals surface area (Å²) in [5.74, 6) is -14.0. The van der Waals surface area contributed by atoms with Gasteiger partial charge in [0, 0.05) is 5.92 Å². The summed E-state index contributed by atoms with van der Waals surface area (Å²) in [7, 11) is 0. The zero-order chi connectivity index (χ0) is 36.8. The molecule has 1 saturated heterocycles. The Morgan fingerprint density at radius 3 is 2.04 bits per heavy atom. The Labute approximate surface area is 294 Å². The van der Waals surface area contributed by atoms with Crippen molar-refractivity contribution in [2.75, 3.05) is 24.7 Å². The van der Waals surface area contributed by atoms with Crippen molar-refractivity contribution in [3.05, 3.63) is 94.3 Å². The molecule has 52 heavy (non-hydrogen) atoms. The molecule has 1 saturated carbocycles. The third-order valence-electron chi connectivity index (χ3n) is 9.39. The van der Waals surface area contributed by atoms with Crippen LogP contribution in [-0.2, 0) is 14.4 Å². The van der Waals surface area contributed by atoms with Gasteiger partial charge in [0.1, 0.15) is 23.7 Å². The minimum absolute atomic E-state index is 0.132. The van der Waals surface area contributed by atoms with Crippen LogP contribution in [0.2, 0.25) is 0 Å². The van der Waals surface area contributed by atoms with E-state index in [0.29, 0.717) is 37.5 Å². The molecule has 16 heteroatoms. The van der Waals surface area contributed by atoms with E-state index in [-0.39, 0.29) is 10.8 Å². The first-order valence-corrected chi connectivity index (χ1v) is 16.7.